The molecule has 0 aromatic carbocycles. The van der Waals surface area contributed by atoms with Crippen molar-refractivity contribution < 1.29 is 8.42 Å². The molecule has 1 rings (SSSR count). The summed E-state index contributed by atoms with van der Waals surface area (Å²) in [5, 5.41) is 0. The minimum atomic E-state index is -3.03. The van der Waals surface area contributed by atoms with E-state index in [0.29, 0.717) is 18.1 Å². The Morgan fingerprint density at radius 2 is 2.21 bits per heavy atom. The first kappa shape index (κ1) is 11.9. The highest BCUT2D eigenvalue weighted by atomic mass is 32.2. The van der Waals surface area contributed by atoms with Crippen LogP contribution in [-0.4, -0.2) is 36.6 Å². The van der Waals surface area contributed by atoms with E-state index >= 15 is 0 Å². The van der Waals surface area contributed by atoms with Crippen molar-refractivity contribution in [1.82, 2.24) is 4.31 Å². The van der Waals surface area contributed by atoms with Crippen molar-refractivity contribution in [1.29, 1.82) is 0 Å². The maximum Gasteiger partial charge on any atom is 0.214 e. The fourth-order valence-electron chi connectivity index (χ4n) is 1.44. The average Bonchev–Trinajstić information content (AvgIpc) is 2.08. The third kappa shape index (κ3) is 2.90. The van der Waals surface area contributed by atoms with E-state index in [1.807, 2.05) is 6.92 Å². The summed E-state index contributed by atoms with van der Waals surface area (Å²) >= 11 is 4.82. The van der Waals surface area contributed by atoms with Crippen LogP contribution >= 0.6 is 12.2 Å². The van der Waals surface area contributed by atoms with Gasteiger partial charge in [-0.25, -0.2) is 12.7 Å². The summed E-state index contributed by atoms with van der Waals surface area (Å²) in [7, 11) is -3.03. The third-order valence-corrected chi connectivity index (χ3v) is 4.74. The van der Waals surface area contributed by atoms with Crippen LogP contribution in [0.2, 0.25) is 0 Å². The van der Waals surface area contributed by atoms with Crippen LogP contribution in [0, 0.1) is 5.92 Å². The molecule has 0 bridgehead atoms. The molecule has 1 aliphatic rings. The topological polar surface area (TPSA) is 63.4 Å². The summed E-state index contributed by atoms with van der Waals surface area (Å²) in [6, 6.07) is 0. The zero-order valence-electron chi connectivity index (χ0n) is 8.27. The van der Waals surface area contributed by atoms with E-state index in [9.17, 15) is 8.42 Å². The molecular weight excluding hydrogens is 220 g/mol. The Morgan fingerprint density at radius 3 is 2.71 bits per heavy atom. The largest absolute Gasteiger partial charge is 0.393 e. The van der Waals surface area contributed by atoms with Crippen molar-refractivity contribution in [2.75, 3.05) is 18.8 Å². The van der Waals surface area contributed by atoms with E-state index in [2.05, 4.69) is 0 Å². The van der Waals surface area contributed by atoms with Gasteiger partial charge in [-0.05, 0) is 12.8 Å². The second kappa shape index (κ2) is 4.55. The molecule has 0 amide bonds. The third-order valence-electron chi connectivity index (χ3n) is 2.42. The monoisotopic (exact) mass is 236 g/mol. The number of thiocarbonyl (C=S) groups is 1. The Balaban J connectivity index is 2.63. The Bertz CT molecular complexity index is 313. The van der Waals surface area contributed by atoms with Crippen LogP contribution in [0.1, 0.15) is 19.8 Å². The van der Waals surface area contributed by atoms with E-state index in [1.54, 1.807) is 0 Å². The highest BCUT2D eigenvalue weighted by Gasteiger charge is 2.27. The number of sulfonamides is 1. The SMILES string of the molecule is CC(CN1CCCCS1(=O)=O)C(N)=S. The summed E-state index contributed by atoms with van der Waals surface area (Å²) in [5.41, 5.74) is 5.45. The number of nitrogens with two attached hydrogens (primary N) is 1. The van der Waals surface area contributed by atoms with Gasteiger partial charge in [0.2, 0.25) is 10.0 Å². The van der Waals surface area contributed by atoms with Crippen LogP contribution in [0.3, 0.4) is 0 Å². The molecule has 1 saturated heterocycles. The molecule has 0 aromatic heterocycles. The molecule has 0 spiro atoms. The summed E-state index contributed by atoms with van der Waals surface area (Å²) in [6.07, 6.45) is 1.70. The Morgan fingerprint density at radius 1 is 1.57 bits per heavy atom. The molecule has 4 nitrogen and oxygen atoms in total. The van der Waals surface area contributed by atoms with Crippen molar-refractivity contribution in [2.45, 2.75) is 19.8 Å². The zero-order valence-corrected chi connectivity index (χ0v) is 9.90. The molecule has 1 aliphatic heterocycles. The van der Waals surface area contributed by atoms with Gasteiger partial charge in [-0.3, -0.25) is 0 Å². The van der Waals surface area contributed by atoms with Gasteiger partial charge >= 0.3 is 0 Å². The molecule has 0 aromatic rings. The van der Waals surface area contributed by atoms with Gasteiger partial charge in [-0.15, -0.1) is 0 Å². The predicted octanol–water partition coefficient (Wildman–Crippen LogP) is 0.334. The molecule has 82 valence electrons. The predicted molar refractivity (Wildman–Crippen MR) is 60.5 cm³/mol. The van der Waals surface area contributed by atoms with Crippen LogP contribution in [0.15, 0.2) is 0 Å². The lowest BCUT2D eigenvalue weighted by Gasteiger charge is -2.28. The van der Waals surface area contributed by atoms with Gasteiger partial charge in [0.05, 0.1) is 10.7 Å². The van der Waals surface area contributed by atoms with Crippen LogP contribution in [0.25, 0.3) is 0 Å². The van der Waals surface area contributed by atoms with Crippen LogP contribution in [0.5, 0.6) is 0 Å². The molecular formula is C8H16N2O2S2. The number of hydrogen-bond acceptors (Lipinski definition) is 3. The number of hydrogen-bond donors (Lipinski definition) is 1. The van der Waals surface area contributed by atoms with Crippen molar-refractivity contribution in [2.24, 2.45) is 11.7 Å². The van der Waals surface area contributed by atoms with Gasteiger partial charge < -0.3 is 5.73 Å². The smallest absolute Gasteiger partial charge is 0.214 e. The highest BCUT2D eigenvalue weighted by molar-refractivity contribution is 7.89. The quantitative estimate of drug-likeness (QED) is 0.718. The summed E-state index contributed by atoms with van der Waals surface area (Å²) in [6.45, 7) is 2.89. The van der Waals surface area contributed by atoms with Crippen molar-refractivity contribution >= 4 is 27.2 Å². The average molecular weight is 236 g/mol. The molecule has 2 N–H and O–H groups in total. The van der Waals surface area contributed by atoms with Gasteiger partial charge in [0.1, 0.15) is 0 Å². The van der Waals surface area contributed by atoms with Crippen LogP contribution < -0.4 is 5.73 Å². The van der Waals surface area contributed by atoms with Gasteiger partial charge in [0, 0.05) is 19.0 Å². The first-order valence-corrected chi connectivity index (χ1v) is 6.72. The van der Waals surface area contributed by atoms with E-state index < -0.39 is 10.0 Å². The lowest BCUT2D eigenvalue weighted by atomic mass is 10.2. The second-order valence-corrected chi connectivity index (χ2v) is 6.24. The first-order valence-electron chi connectivity index (χ1n) is 4.70. The standard InChI is InChI=1S/C8H16N2O2S2/c1-7(8(9)13)6-10-4-2-3-5-14(10,11)12/h7H,2-6H2,1H3,(H2,9,13). The van der Waals surface area contributed by atoms with E-state index in [4.69, 9.17) is 18.0 Å². The molecule has 1 fully saturated rings. The molecule has 6 heteroatoms. The van der Waals surface area contributed by atoms with Crippen molar-refractivity contribution in [3.05, 3.63) is 0 Å². The zero-order chi connectivity index (χ0) is 10.8. The summed E-state index contributed by atoms with van der Waals surface area (Å²) in [5.74, 6) is 0.217. The van der Waals surface area contributed by atoms with Gasteiger partial charge in [0.25, 0.3) is 0 Å². The molecule has 1 unspecified atom stereocenters. The minimum Gasteiger partial charge on any atom is -0.393 e. The summed E-state index contributed by atoms with van der Waals surface area (Å²) in [4.78, 5) is 0.380. The number of rotatable bonds is 3. The van der Waals surface area contributed by atoms with Gasteiger partial charge in [-0.2, -0.15) is 0 Å². The van der Waals surface area contributed by atoms with Crippen molar-refractivity contribution in [3.8, 4) is 0 Å². The fraction of sp³-hybridized carbons (Fsp3) is 0.875. The molecule has 0 saturated carbocycles. The molecule has 1 heterocycles. The summed E-state index contributed by atoms with van der Waals surface area (Å²) < 4.78 is 24.7. The normalized spacial score (nSPS) is 24.4. The Hall–Kier alpha value is -0.200. The van der Waals surface area contributed by atoms with E-state index in [-0.39, 0.29) is 11.7 Å². The van der Waals surface area contributed by atoms with E-state index in [0.717, 1.165) is 12.8 Å². The molecule has 0 aliphatic carbocycles. The van der Waals surface area contributed by atoms with Crippen molar-refractivity contribution in [3.63, 3.8) is 0 Å². The minimum absolute atomic E-state index is 0.0436. The second-order valence-electron chi connectivity index (χ2n) is 3.68. The van der Waals surface area contributed by atoms with Gasteiger partial charge in [-0.1, -0.05) is 19.1 Å². The lowest BCUT2D eigenvalue weighted by molar-refractivity contribution is 0.366. The maximum atomic E-state index is 11.6. The first-order chi connectivity index (χ1) is 6.43. The maximum absolute atomic E-state index is 11.6. The highest BCUT2D eigenvalue weighted by Crippen LogP contribution is 2.15. The fourth-order valence-corrected chi connectivity index (χ4v) is 3.20. The molecule has 1 atom stereocenters. The Kier molecular flexibility index (Phi) is 3.86. The van der Waals surface area contributed by atoms with E-state index in [1.165, 1.54) is 4.31 Å². The number of nitrogens with zero attached hydrogens (tertiary/aromatic N) is 1. The Labute approximate surface area is 90.5 Å². The molecule has 0 radical (unpaired) electrons. The van der Waals surface area contributed by atoms with Crippen LogP contribution in [-0.2, 0) is 10.0 Å². The lowest BCUT2D eigenvalue weighted by Crippen LogP contribution is -2.42. The van der Waals surface area contributed by atoms with Gasteiger partial charge in [0.15, 0.2) is 0 Å². The van der Waals surface area contributed by atoms with Crippen LogP contribution in [0.4, 0.5) is 0 Å². The molecule has 14 heavy (non-hydrogen) atoms.